The second-order valence-electron chi connectivity index (χ2n) is 5.28. The zero-order valence-corrected chi connectivity index (χ0v) is 13.6. The number of carbonyl (C=O) groups excluding carboxylic acids is 1. The maximum Gasteiger partial charge on any atom is 0.239 e. The highest BCUT2D eigenvalue weighted by Gasteiger charge is 2.16. The summed E-state index contributed by atoms with van der Waals surface area (Å²) in [7, 11) is -3.71. The molecule has 0 aliphatic carbocycles. The molecular formula is C16H18FN3O3S. The first-order valence-corrected chi connectivity index (χ1v) is 8.72. The molecule has 0 saturated heterocycles. The van der Waals surface area contributed by atoms with Crippen LogP contribution in [0.5, 0.6) is 0 Å². The fourth-order valence-electron chi connectivity index (χ4n) is 2.24. The number of benzene rings is 2. The molecule has 0 aliphatic heterocycles. The fraction of sp³-hybridized carbons (Fsp3) is 0.188. The van der Waals surface area contributed by atoms with E-state index in [0.717, 1.165) is 5.56 Å². The normalized spacial score (nSPS) is 12.8. The molecule has 0 aliphatic rings. The van der Waals surface area contributed by atoms with E-state index in [9.17, 15) is 17.6 Å². The highest BCUT2D eigenvalue weighted by molar-refractivity contribution is 7.89. The van der Waals surface area contributed by atoms with E-state index in [-0.39, 0.29) is 4.90 Å². The van der Waals surface area contributed by atoms with Crippen LogP contribution in [0.3, 0.4) is 0 Å². The molecule has 2 aromatic rings. The summed E-state index contributed by atoms with van der Waals surface area (Å²) in [6.07, 6.45) is 0.551. The van der Waals surface area contributed by atoms with Gasteiger partial charge in [0.05, 0.1) is 4.90 Å². The van der Waals surface area contributed by atoms with Crippen LogP contribution < -0.4 is 16.2 Å². The minimum Gasteiger partial charge on any atom is -0.368 e. The Morgan fingerprint density at radius 1 is 1.08 bits per heavy atom. The molecule has 2 aromatic carbocycles. The topological polar surface area (TPSA) is 115 Å². The third kappa shape index (κ3) is 4.85. The monoisotopic (exact) mass is 351 g/mol. The molecule has 8 heteroatoms. The average molecular weight is 351 g/mol. The van der Waals surface area contributed by atoms with Crippen molar-refractivity contribution in [3.63, 3.8) is 0 Å². The van der Waals surface area contributed by atoms with E-state index in [1.165, 1.54) is 36.4 Å². The van der Waals surface area contributed by atoms with E-state index in [0.29, 0.717) is 18.5 Å². The minimum atomic E-state index is -3.71. The average Bonchev–Trinajstić information content (AvgIpc) is 2.52. The van der Waals surface area contributed by atoms with Crippen molar-refractivity contribution in [3.8, 4) is 0 Å². The summed E-state index contributed by atoms with van der Waals surface area (Å²) in [6, 6.07) is 11.0. The molecule has 0 spiro atoms. The van der Waals surface area contributed by atoms with E-state index in [1.54, 1.807) is 12.1 Å². The van der Waals surface area contributed by atoms with Crippen molar-refractivity contribution < 1.29 is 17.6 Å². The number of hydrogen-bond acceptors (Lipinski definition) is 4. The Bertz CT molecular complexity index is 805. The van der Waals surface area contributed by atoms with Gasteiger partial charge in [-0.25, -0.2) is 17.9 Å². The Morgan fingerprint density at radius 2 is 1.67 bits per heavy atom. The summed E-state index contributed by atoms with van der Waals surface area (Å²) in [4.78, 5) is 11.6. The Labute approximate surface area is 139 Å². The third-order valence-corrected chi connectivity index (χ3v) is 4.43. The van der Waals surface area contributed by atoms with Crippen LogP contribution in [0.15, 0.2) is 53.4 Å². The number of primary sulfonamides is 1. The number of primary amides is 1. The number of nitrogens with two attached hydrogens (primary N) is 2. The highest BCUT2D eigenvalue weighted by atomic mass is 32.2. The molecule has 0 bridgehead atoms. The second-order valence-corrected chi connectivity index (χ2v) is 6.84. The lowest BCUT2D eigenvalue weighted by Gasteiger charge is -2.16. The lowest BCUT2D eigenvalue weighted by Crippen LogP contribution is -2.34. The Hall–Kier alpha value is -2.29. The lowest BCUT2D eigenvalue weighted by atomic mass is 10.1. The summed E-state index contributed by atoms with van der Waals surface area (Å²) in [5, 5.41) is 8.05. The molecular weight excluding hydrogens is 333 g/mol. The van der Waals surface area contributed by atoms with Crippen LogP contribution in [-0.4, -0.2) is 20.9 Å². The maximum absolute atomic E-state index is 13.0. The summed E-state index contributed by atoms with van der Waals surface area (Å²) < 4.78 is 35.3. The number of sulfonamides is 1. The van der Waals surface area contributed by atoms with Crippen LogP contribution in [0.2, 0.25) is 0 Å². The van der Waals surface area contributed by atoms with Gasteiger partial charge in [-0.1, -0.05) is 24.3 Å². The van der Waals surface area contributed by atoms with Gasteiger partial charge in [0.1, 0.15) is 11.9 Å². The molecule has 1 unspecified atom stereocenters. The van der Waals surface area contributed by atoms with Crippen molar-refractivity contribution in [2.24, 2.45) is 10.9 Å². The summed E-state index contributed by atoms with van der Waals surface area (Å²) in [5.74, 6) is -0.955. The van der Waals surface area contributed by atoms with E-state index >= 15 is 0 Å². The van der Waals surface area contributed by atoms with E-state index in [4.69, 9.17) is 10.9 Å². The van der Waals surface area contributed by atoms with Crippen molar-refractivity contribution in [2.45, 2.75) is 17.4 Å². The number of carbonyl (C=O) groups is 1. The zero-order chi connectivity index (χ0) is 17.7. The maximum atomic E-state index is 13.0. The number of rotatable bonds is 7. The zero-order valence-electron chi connectivity index (χ0n) is 12.8. The lowest BCUT2D eigenvalue weighted by molar-refractivity contribution is -0.120. The van der Waals surface area contributed by atoms with Crippen LogP contribution in [0, 0.1) is 5.82 Å². The Balaban J connectivity index is 1.98. The van der Waals surface area contributed by atoms with Crippen molar-refractivity contribution in [2.75, 3.05) is 6.54 Å². The van der Waals surface area contributed by atoms with E-state index in [1.807, 2.05) is 0 Å². The van der Waals surface area contributed by atoms with Crippen LogP contribution >= 0.6 is 0 Å². The number of nitrogens with one attached hydrogen (secondary N) is 1. The molecule has 0 aromatic heterocycles. The third-order valence-electron chi connectivity index (χ3n) is 3.50. The first-order valence-electron chi connectivity index (χ1n) is 7.17. The number of amides is 1. The van der Waals surface area contributed by atoms with Gasteiger partial charge in [-0.15, -0.1) is 0 Å². The molecule has 5 N–H and O–H groups in total. The second kappa shape index (κ2) is 7.52. The largest absolute Gasteiger partial charge is 0.368 e. The van der Waals surface area contributed by atoms with Gasteiger partial charge in [-0.05, 0) is 41.8 Å². The van der Waals surface area contributed by atoms with E-state index < -0.39 is 27.8 Å². The molecule has 128 valence electrons. The summed E-state index contributed by atoms with van der Waals surface area (Å²) >= 11 is 0. The molecule has 1 atom stereocenters. The van der Waals surface area contributed by atoms with Crippen LogP contribution in [0.1, 0.15) is 17.2 Å². The summed E-state index contributed by atoms with van der Waals surface area (Å²) in [6.45, 7) is 0.430. The predicted octanol–water partition coefficient (Wildman–Crippen LogP) is 0.832. The van der Waals surface area contributed by atoms with Gasteiger partial charge in [0, 0.05) is 6.54 Å². The molecule has 0 fully saturated rings. The molecule has 1 amide bonds. The molecule has 24 heavy (non-hydrogen) atoms. The van der Waals surface area contributed by atoms with Gasteiger partial charge in [-0.3, -0.25) is 4.79 Å². The number of halogens is 1. The van der Waals surface area contributed by atoms with Crippen LogP contribution in [-0.2, 0) is 21.2 Å². The first-order chi connectivity index (χ1) is 11.3. The predicted molar refractivity (Wildman–Crippen MR) is 87.9 cm³/mol. The van der Waals surface area contributed by atoms with Gasteiger partial charge in [0.2, 0.25) is 15.9 Å². The quantitative estimate of drug-likeness (QED) is 0.685. The van der Waals surface area contributed by atoms with Crippen LogP contribution in [0.4, 0.5) is 4.39 Å². The first kappa shape index (κ1) is 18.1. The van der Waals surface area contributed by atoms with Crippen molar-refractivity contribution >= 4 is 15.9 Å². The minimum absolute atomic E-state index is 0.0422. The van der Waals surface area contributed by atoms with Crippen molar-refractivity contribution in [1.29, 1.82) is 0 Å². The smallest absolute Gasteiger partial charge is 0.239 e. The van der Waals surface area contributed by atoms with Gasteiger partial charge in [-0.2, -0.15) is 0 Å². The number of hydrogen-bond donors (Lipinski definition) is 3. The van der Waals surface area contributed by atoms with Gasteiger partial charge in [0.25, 0.3) is 0 Å². The SMILES string of the molecule is NC(=O)C(NCCc1ccc(S(N)(=O)=O)cc1)c1ccc(F)cc1. The summed E-state index contributed by atoms with van der Waals surface area (Å²) in [5.41, 5.74) is 6.83. The van der Waals surface area contributed by atoms with Crippen molar-refractivity contribution in [3.05, 3.63) is 65.5 Å². The highest BCUT2D eigenvalue weighted by Crippen LogP contribution is 2.14. The van der Waals surface area contributed by atoms with Crippen LogP contribution in [0.25, 0.3) is 0 Å². The van der Waals surface area contributed by atoms with Gasteiger partial charge < -0.3 is 11.1 Å². The van der Waals surface area contributed by atoms with Gasteiger partial charge >= 0.3 is 0 Å². The Morgan fingerprint density at radius 3 is 2.17 bits per heavy atom. The molecule has 0 heterocycles. The van der Waals surface area contributed by atoms with Crippen molar-refractivity contribution in [1.82, 2.24) is 5.32 Å². The molecule has 2 rings (SSSR count). The molecule has 0 radical (unpaired) electrons. The Kier molecular flexibility index (Phi) is 5.66. The standard InChI is InChI=1S/C16H18FN3O3S/c17-13-5-3-12(4-6-13)15(16(18)21)20-10-9-11-1-7-14(8-2-11)24(19,22)23/h1-8,15,20H,9-10H2,(H2,18,21)(H2,19,22,23). The molecule has 0 saturated carbocycles. The molecule has 6 nitrogen and oxygen atoms in total. The van der Waals surface area contributed by atoms with Gasteiger partial charge in [0.15, 0.2) is 0 Å². The van der Waals surface area contributed by atoms with E-state index in [2.05, 4.69) is 5.32 Å². The fourth-order valence-corrected chi connectivity index (χ4v) is 2.76.